The van der Waals surface area contributed by atoms with Gasteiger partial charge in [-0.15, -0.1) is 0 Å². The molecule has 0 aromatic heterocycles. The fourth-order valence-electron chi connectivity index (χ4n) is 2.71. The van der Waals surface area contributed by atoms with E-state index >= 15 is 0 Å². The fourth-order valence-corrected chi connectivity index (χ4v) is 2.71. The molecule has 0 bridgehead atoms. The summed E-state index contributed by atoms with van der Waals surface area (Å²) in [5, 5.41) is 0. The summed E-state index contributed by atoms with van der Waals surface area (Å²) in [6.45, 7) is 11.6. The summed E-state index contributed by atoms with van der Waals surface area (Å²) in [7, 11) is 0. The van der Waals surface area contributed by atoms with Crippen LogP contribution in [0.25, 0.3) is 0 Å². The molecule has 0 radical (unpaired) electrons. The molecule has 0 saturated heterocycles. The first-order chi connectivity index (χ1) is 6.00. The highest BCUT2D eigenvalue weighted by Gasteiger charge is 2.47. The maximum absolute atomic E-state index is 6.24. The SMILES string of the molecule is CCC(C)C(N)C(C)C1C(C)C1C. The maximum atomic E-state index is 6.24. The molecule has 0 heterocycles. The van der Waals surface area contributed by atoms with Crippen molar-refractivity contribution in [2.75, 3.05) is 0 Å². The summed E-state index contributed by atoms with van der Waals surface area (Å²) in [6.07, 6.45) is 1.21. The van der Waals surface area contributed by atoms with Gasteiger partial charge in [-0.1, -0.05) is 41.0 Å². The molecule has 0 aromatic rings. The van der Waals surface area contributed by atoms with Crippen LogP contribution in [0.2, 0.25) is 0 Å². The molecule has 2 N–H and O–H groups in total. The van der Waals surface area contributed by atoms with Crippen LogP contribution in [-0.2, 0) is 0 Å². The van der Waals surface area contributed by atoms with Gasteiger partial charge in [0.15, 0.2) is 0 Å². The van der Waals surface area contributed by atoms with E-state index < -0.39 is 0 Å². The topological polar surface area (TPSA) is 26.0 Å². The Morgan fingerprint density at radius 1 is 1.15 bits per heavy atom. The van der Waals surface area contributed by atoms with Gasteiger partial charge in [0.2, 0.25) is 0 Å². The normalized spacial score (nSPS) is 39.7. The first kappa shape index (κ1) is 11.0. The van der Waals surface area contributed by atoms with E-state index in [1.165, 1.54) is 6.42 Å². The summed E-state index contributed by atoms with van der Waals surface area (Å²) >= 11 is 0. The second-order valence-electron chi connectivity index (χ2n) is 5.12. The Kier molecular flexibility index (Phi) is 3.39. The largest absolute Gasteiger partial charge is 0.327 e. The third kappa shape index (κ3) is 2.07. The van der Waals surface area contributed by atoms with Crippen LogP contribution in [0.15, 0.2) is 0 Å². The van der Waals surface area contributed by atoms with Crippen LogP contribution in [-0.4, -0.2) is 6.04 Å². The molecule has 0 amide bonds. The van der Waals surface area contributed by atoms with Crippen LogP contribution in [0.4, 0.5) is 0 Å². The zero-order valence-electron chi connectivity index (χ0n) is 9.75. The van der Waals surface area contributed by atoms with E-state index in [-0.39, 0.29) is 0 Å². The van der Waals surface area contributed by atoms with E-state index in [9.17, 15) is 0 Å². The molecule has 1 heteroatoms. The molecule has 0 aliphatic heterocycles. The molecular formula is C12H25N. The third-order valence-electron chi connectivity index (χ3n) is 4.42. The van der Waals surface area contributed by atoms with Crippen LogP contribution < -0.4 is 5.73 Å². The Hall–Kier alpha value is -0.0400. The van der Waals surface area contributed by atoms with Crippen LogP contribution in [0.1, 0.15) is 41.0 Å². The Labute approximate surface area is 83.1 Å². The van der Waals surface area contributed by atoms with Gasteiger partial charge < -0.3 is 5.73 Å². The van der Waals surface area contributed by atoms with Gasteiger partial charge in [0.25, 0.3) is 0 Å². The molecule has 1 rings (SSSR count). The predicted octanol–water partition coefficient (Wildman–Crippen LogP) is 2.90. The summed E-state index contributed by atoms with van der Waals surface area (Å²) in [4.78, 5) is 0. The number of hydrogen-bond donors (Lipinski definition) is 1. The average molecular weight is 183 g/mol. The van der Waals surface area contributed by atoms with Crippen molar-refractivity contribution in [2.24, 2.45) is 35.3 Å². The minimum absolute atomic E-state index is 0.405. The van der Waals surface area contributed by atoms with E-state index in [1.54, 1.807) is 0 Å². The van der Waals surface area contributed by atoms with Gasteiger partial charge in [-0.05, 0) is 29.6 Å². The Morgan fingerprint density at radius 2 is 1.62 bits per heavy atom. The molecule has 1 fully saturated rings. The maximum Gasteiger partial charge on any atom is 0.00931 e. The molecule has 1 saturated carbocycles. The molecule has 78 valence electrons. The van der Waals surface area contributed by atoms with Crippen molar-refractivity contribution in [1.82, 2.24) is 0 Å². The van der Waals surface area contributed by atoms with E-state index in [4.69, 9.17) is 5.73 Å². The van der Waals surface area contributed by atoms with E-state index in [2.05, 4.69) is 34.6 Å². The van der Waals surface area contributed by atoms with Crippen molar-refractivity contribution in [3.8, 4) is 0 Å². The summed E-state index contributed by atoms with van der Waals surface area (Å²) in [5.74, 6) is 4.09. The van der Waals surface area contributed by atoms with Crippen LogP contribution in [0.3, 0.4) is 0 Å². The van der Waals surface area contributed by atoms with Gasteiger partial charge >= 0.3 is 0 Å². The quantitative estimate of drug-likeness (QED) is 0.712. The summed E-state index contributed by atoms with van der Waals surface area (Å²) < 4.78 is 0. The first-order valence-electron chi connectivity index (χ1n) is 5.76. The minimum atomic E-state index is 0.405. The lowest BCUT2D eigenvalue weighted by atomic mass is 9.85. The molecule has 5 atom stereocenters. The predicted molar refractivity (Wildman–Crippen MR) is 58.4 cm³/mol. The third-order valence-corrected chi connectivity index (χ3v) is 4.42. The van der Waals surface area contributed by atoms with Gasteiger partial charge in [-0.2, -0.15) is 0 Å². The van der Waals surface area contributed by atoms with Gasteiger partial charge in [0, 0.05) is 6.04 Å². The zero-order chi connectivity index (χ0) is 10.2. The lowest BCUT2D eigenvalue weighted by Crippen LogP contribution is -2.36. The van der Waals surface area contributed by atoms with Crippen LogP contribution >= 0.6 is 0 Å². The smallest absolute Gasteiger partial charge is 0.00931 e. The highest BCUT2D eigenvalue weighted by Crippen LogP contribution is 2.51. The molecule has 13 heavy (non-hydrogen) atoms. The molecule has 1 aliphatic rings. The molecule has 0 spiro atoms. The van der Waals surface area contributed by atoms with Crippen molar-refractivity contribution < 1.29 is 0 Å². The Bertz CT molecular complexity index is 159. The van der Waals surface area contributed by atoms with Crippen LogP contribution in [0.5, 0.6) is 0 Å². The van der Waals surface area contributed by atoms with Crippen molar-refractivity contribution >= 4 is 0 Å². The average Bonchev–Trinajstić information content (AvgIpc) is 2.71. The van der Waals surface area contributed by atoms with Gasteiger partial charge in [0.1, 0.15) is 0 Å². The van der Waals surface area contributed by atoms with Crippen molar-refractivity contribution in [2.45, 2.75) is 47.1 Å². The lowest BCUT2D eigenvalue weighted by molar-refractivity contribution is 0.296. The van der Waals surface area contributed by atoms with Crippen molar-refractivity contribution in [1.29, 1.82) is 0 Å². The second kappa shape index (κ2) is 4.00. The van der Waals surface area contributed by atoms with Gasteiger partial charge in [0.05, 0.1) is 0 Å². The molecule has 0 aromatic carbocycles. The van der Waals surface area contributed by atoms with E-state index in [0.29, 0.717) is 17.9 Å². The monoisotopic (exact) mass is 183 g/mol. The van der Waals surface area contributed by atoms with Gasteiger partial charge in [-0.3, -0.25) is 0 Å². The minimum Gasteiger partial charge on any atom is -0.327 e. The summed E-state index contributed by atoms with van der Waals surface area (Å²) in [6, 6.07) is 0.405. The zero-order valence-corrected chi connectivity index (χ0v) is 9.75. The second-order valence-corrected chi connectivity index (χ2v) is 5.12. The molecule has 1 nitrogen and oxygen atoms in total. The highest BCUT2D eigenvalue weighted by molar-refractivity contribution is 4.97. The Morgan fingerprint density at radius 3 is 1.92 bits per heavy atom. The van der Waals surface area contributed by atoms with E-state index in [1.807, 2.05) is 0 Å². The highest BCUT2D eigenvalue weighted by atomic mass is 14.7. The molecule has 5 unspecified atom stereocenters. The number of nitrogens with two attached hydrogens (primary N) is 1. The standard InChI is InChI=1S/C12H25N/c1-6-7(2)12(13)10(5)11-8(3)9(11)4/h7-12H,6,13H2,1-5H3. The van der Waals surface area contributed by atoms with Gasteiger partial charge in [-0.25, -0.2) is 0 Å². The fraction of sp³-hybridized carbons (Fsp3) is 1.00. The summed E-state index contributed by atoms with van der Waals surface area (Å²) in [5.41, 5.74) is 6.24. The van der Waals surface area contributed by atoms with Crippen LogP contribution in [0, 0.1) is 29.6 Å². The van der Waals surface area contributed by atoms with Crippen molar-refractivity contribution in [3.05, 3.63) is 0 Å². The van der Waals surface area contributed by atoms with E-state index in [0.717, 1.165) is 17.8 Å². The molecule has 1 aliphatic carbocycles. The van der Waals surface area contributed by atoms with Crippen molar-refractivity contribution in [3.63, 3.8) is 0 Å². The number of hydrogen-bond acceptors (Lipinski definition) is 1. The number of rotatable bonds is 4. The molecular weight excluding hydrogens is 158 g/mol. The first-order valence-corrected chi connectivity index (χ1v) is 5.76. The lowest BCUT2D eigenvalue weighted by Gasteiger charge is -2.25. The Balaban J connectivity index is 2.44.